The minimum absolute atomic E-state index is 0.102. The van der Waals surface area contributed by atoms with Crippen molar-refractivity contribution in [3.63, 3.8) is 0 Å². The van der Waals surface area contributed by atoms with Gasteiger partial charge in [0.15, 0.2) is 0 Å². The summed E-state index contributed by atoms with van der Waals surface area (Å²) in [6.45, 7) is 0. The summed E-state index contributed by atoms with van der Waals surface area (Å²) in [4.78, 5) is 11.8. The molecule has 1 unspecified atom stereocenters. The van der Waals surface area contributed by atoms with E-state index in [9.17, 15) is 18.1 Å². The van der Waals surface area contributed by atoms with Gasteiger partial charge in [-0.2, -0.15) is 10.5 Å². The summed E-state index contributed by atoms with van der Waals surface area (Å²) >= 11 is -1.99. The van der Waals surface area contributed by atoms with Crippen LogP contribution in [0.2, 0.25) is 0 Å². The molecule has 134 valence electrons. The van der Waals surface area contributed by atoms with Crippen molar-refractivity contribution in [2.75, 3.05) is 0 Å². The van der Waals surface area contributed by atoms with E-state index >= 15 is 0 Å². The highest BCUT2D eigenvalue weighted by Gasteiger charge is 2.14. The van der Waals surface area contributed by atoms with Crippen molar-refractivity contribution < 1.29 is 18.1 Å². The highest BCUT2D eigenvalue weighted by molar-refractivity contribution is 8.08. The lowest BCUT2D eigenvalue weighted by molar-refractivity contribution is -0.110. The zero-order valence-corrected chi connectivity index (χ0v) is 14.7. The van der Waals surface area contributed by atoms with E-state index in [-0.39, 0.29) is 28.7 Å². The maximum absolute atomic E-state index is 13.7. The summed E-state index contributed by atoms with van der Waals surface area (Å²) in [6.07, 6.45) is 3.72. The highest BCUT2D eigenvalue weighted by Crippen LogP contribution is 2.15. The molecule has 0 spiro atoms. The fraction of sp³-hybridized carbons (Fsp3) is 0.0500. The quantitative estimate of drug-likeness (QED) is 0.730. The molecule has 4 nitrogen and oxygen atoms in total. The summed E-state index contributed by atoms with van der Waals surface area (Å²) in [5.74, 6) is -1.26. The van der Waals surface area contributed by atoms with Crippen LogP contribution in [0.25, 0.3) is 12.2 Å². The first-order valence-electron chi connectivity index (χ1n) is 7.62. The number of allylic oxidation sites excluding steroid dienone is 1. The van der Waals surface area contributed by atoms with E-state index in [0.29, 0.717) is 0 Å². The molecule has 0 saturated heterocycles. The Morgan fingerprint density at radius 1 is 1.00 bits per heavy atom. The maximum atomic E-state index is 13.7. The molecule has 7 heteroatoms. The molecule has 0 aliphatic carbocycles. The number of hydrogen-bond acceptors (Lipinski definition) is 4. The van der Waals surface area contributed by atoms with E-state index in [2.05, 4.69) is 0 Å². The van der Waals surface area contributed by atoms with Crippen LogP contribution in [0.5, 0.6) is 0 Å². The second-order valence-electron chi connectivity index (χ2n) is 5.27. The van der Waals surface area contributed by atoms with Gasteiger partial charge in [-0.05, 0) is 30.3 Å². The van der Waals surface area contributed by atoms with Gasteiger partial charge < -0.3 is 4.55 Å². The summed E-state index contributed by atoms with van der Waals surface area (Å²) in [6, 6.07) is 11.3. The summed E-state index contributed by atoms with van der Waals surface area (Å²) in [7, 11) is 0. The van der Waals surface area contributed by atoms with Crippen LogP contribution in [0, 0.1) is 34.3 Å². The third-order valence-corrected chi connectivity index (χ3v) is 4.44. The molecule has 27 heavy (non-hydrogen) atoms. The predicted molar refractivity (Wildman–Crippen MR) is 98.1 cm³/mol. The zero-order valence-electron chi connectivity index (χ0n) is 13.9. The van der Waals surface area contributed by atoms with E-state index < -0.39 is 27.9 Å². The van der Waals surface area contributed by atoms with Gasteiger partial charge in [0, 0.05) is 11.1 Å². The Morgan fingerprint density at radius 3 is 2.00 bits per heavy atom. The Hall–Kier alpha value is -3.26. The Morgan fingerprint density at radius 2 is 1.52 bits per heavy atom. The number of rotatable bonds is 5. The van der Waals surface area contributed by atoms with Gasteiger partial charge in [0.2, 0.25) is 0 Å². The summed E-state index contributed by atoms with van der Waals surface area (Å²) in [5.41, 5.74) is 0.636. The first-order valence-corrected chi connectivity index (χ1v) is 8.83. The average Bonchev–Trinajstić information content (AvgIpc) is 2.67. The number of carbonyl (C=O) groups is 1. The zero-order chi connectivity index (χ0) is 19.8. The van der Waals surface area contributed by atoms with Gasteiger partial charge in [-0.15, -0.1) is 0 Å². The number of halogens is 2. The fourth-order valence-electron chi connectivity index (χ4n) is 2.04. The van der Waals surface area contributed by atoms with Crippen LogP contribution in [0.1, 0.15) is 28.7 Å². The van der Waals surface area contributed by atoms with Crippen LogP contribution < -0.4 is 0 Å². The predicted octanol–water partition coefficient (Wildman–Crippen LogP) is 4.06. The molecule has 0 bridgehead atoms. The standard InChI is InChI=1S/C20H12F2N2O2S/c21-18-10-14(12-23)4-6-16(18)2-1-3-20(25)27(26)9-8-17-7-5-15(13-24)11-19(17)22/h1-2,4-11H,3H2. The molecular weight excluding hydrogens is 370 g/mol. The van der Waals surface area contributed by atoms with Crippen LogP contribution in [-0.4, -0.2) is 9.67 Å². The SMILES string of the molecule is N#Cc1ccc(C=CCC(=O)[S+]([O-])C=Cc2ccc(C#N)cc2F)c(F)c1. The molecule has 0 aliphatic rings. The molecule has 0 heterocycles. The highest BCUT2D eigenvalue weighted by atomic mass is 32.2. The van der Waals surface area contributed by atoms with E-state index in [1.807, 2.05) is 6.07 Å². The number of nitrogens with zero attached hydrogens (tertiary/aromatic N) is 2. The van der Waals surface area contributed by atoms with Crippen molar-refractivity contribution in [1.82, 2.24) is 0 Å². The second kappa shape index (κ2) is 9.44. The molecule has 2 aromatic carbocycles. The van der Waals surface area contributed by atoms with Gasteiger partial charge in [-0.3, -0.25) is 0 Å². The Balaban J connectivity index is 1.98. The largest absolute Gasteiger partial charge is 0.605 e. The number of carbonyl (C=O) groups excluding carboxylic acids is 1. The van der Waals surface area contributed by atoms with Gasteiger partial charge in [-0.25, -0.2) is 13.6 Å². The topological polar surface area (TPSA) is 87.7 Å². The molecule has 0 amide bonds. The first-order chi connectivity index (χ1) is 12.9. The van der Waals surface area contributed by atoms with E-state index in [4.69, 9.17) is 10.5 Å². The summed E-state index contributed by atoms with van der Waals surface area (Å²) < 4.78 is 39.3. The minimum atomic E-state index is -1.99. The molecule has 0 aliphatic heterocycles. The van der Waals surface area contributed by atoms with Crippen LogP contribution in [0.15, 0.2) is 47.9 Å². The van der Waals surface area contributed by atoms with Gasteiger partial charge >= 0.3 is 5.12 Å². The van der Waals surface area contributed by atoms with E-state index in [0.717, 1.165) is 17.5 Å². The average molecular weight is 382 g/mol. The molecular formula is C20H12F2N2O2S. The van der Waals surface area contributed by atoms with Gasteiger partial charge in [0.05, 0.1) is 40.9 Å². The van der Waals surface area contributed by atoms with Crippen molar-refractivity contribution >= 4 is 28.4 Å². The lowest BCUT2D eigenvalue weighted by Gasteiger charge is -2.02. The fourth-order valence-corrected chi connectivity index (χ4v) is 2.72. The normalized spacial score (nSPS) is 12.0. The Kier molecular flexibility index (Phi) is 7.01. The van der Waals surface area contributed by atoms with Crippen molar-refractivity contribution in [3.8, 4) is 12.1 Å². The third kappa shape index (κ3) is 5.61. The first kappa shape index (κ1) is 20.1. The number of hydrogen-bond donors (Lipinski definition) is 0. The van der Waals surface area contributed by atoms with E-state index in [1.54, 1.807) is 6.07 Å². The van der Waals surface area contributed by atoms with Crippen LogP contribution in [0.3, 0.4) is 0 Å². The third-order valence-electron chi connectivity index (χ3n) is 3.44. The molecule has 2 aromatic rings. The maximum Gasteiger partial charge on any atom is 0.337 e. The van der Waals surface area contributed by atoms with Crippen molar-refractivity contribution in [1.29, 1.82) is 10.5 Å². The van der Waals surface area contributed by atoms with Crippen molar-refractivity contribution in [2.45, 2.75) is 6.42 Å². The van der Waals surface area contributed by atoms with Crippen molar-refractivity contribution in [2.24, 2.45) is 0 Å². The van der Waals surface area contributed by atoms with E-state index in [1.165, 1.54) is 42.5 Å². The molecule has 0 saturated carbocycles. The monoisotopic (exact) mass is 382 g/mol. The second-order valence-corrected chi connectivity index (χ2v) is 6.60. The molecule has 0 fully saturated rings. The van der Waals surface area contributed by atoms with Crippen LogP contribution >= 0.6 is 0 Å². The molecule has 0 aromatic heterocycles. The smallest absolute Gasteiger partial charge is 0.337 e. The van der Waals surface area contributed by atoms with Gasteiger partial charge in [-0.1, -0.05) is 24.3 Å². The minimum Gasteiger partial charge on any atom is -0.605 e. The Bertz CT molecular complexity index is 1000. The number of nitriles is 2. The lowest BCUT2D eigenvalue weighted by Crippen LogP contribution is -2.10. The van der Waals surface area contributed by atoms with Gasteiger partial charge in [0.25, 0.3) is 0 Å². The Labute approximate surface area is 157 Å². The lowest BCUT2D eigenvalue weighted by atomic mass is 10.1. The van der Waals surface area contributed by atoms with Crippen LogP contribution in [-0.2, 0) is 16.0 Å². The molecule has 2 rings (SSSR count). The molecule has 0 N–H and O–H groups in total. The van der Waals surface area contributed by atoms with Gasteiger partial charge in [0.1, 0.15) is 17.0 Å². The molecule has 0 radical (unpaired) electrons. The molecule has 1 atom stereocenters. The summed E-state index contributed by atoms with van der Waals surface area (Å²) in [5, 5.41) is 17.8. The van der Waals surface area contributed by atoms with Crippen LogP contribution in [0.4, 0.5) is 8.78 Å². The van der Waals surface area contributed by atoms with Crippen molar-refractivity contribution in [3.05, 3.63) is 81.8 Å². The number of benzene rings is 2.